The van der Waals surface area contributed by atoms with Gasteiger partial charge in [0.15, 0.2) is 11.5 Å². The van der Waals surface area contributed by atoms with E-state index in [4.69, 9.17) is 10.1 Å². The van der Waals surface area contributed by atoms with Crippen LogP contribution in [0.25, 0.3) is 5.65 Å². The van der Waals surface area contributed by atoms with Crippen molar-refractivity contribution in [3.8, 4) is 0 Å². The van der Waals surface area contributed by atoms with E-state index in [9.17, 15) is 0 Å². The fourth-order valence-electron chi connectivity index (χ4n) is 4.38. The van der Waals surface area contributed by atoms with Gasteiger partial charge in [-0.1, -0.05) is 0 Å². The summed E-state index contributed by atoms with van der Waals surface area (Å²) in [5, 5.41) is 4.85. The molecule has 1 unspecified atom stereocenters. The van der Waals surface area contributed by atoms with Crippen molar-refractivity contribution in [3.05, 3.63) is 54.2 Å². The average Bonchev–Trinajstić information content (AvgIpc) is 3.38. The number of nitrogens with zero attached hydrogens (tertiary/aromatic N) is 6. The van der Waals surface area contributed by atoms with Crippen molar-refractivity contribution < 1.29 is 0 Å². The zero-order chi connectivity index (χ0) is 18.1. The summed E-state index contributed by atoms with van der Waals surface area (Å²) in [6.45, 7) is 5.45. The van der Waals surface area contributed by atoms with Crippen LogP contribution in [0.2, 0.25) is 0 Å². The molecule has 2 aliphatic rings. The van der Waals surface area contributed by atoms with Crippen LogP contribution in [0.3, 0.4) is 0 Å². The largest absolute Gasteiger partial charge is 0.370 e. The van der Waals surface area contributed by atoms with E-state index in [1.165, 1.54) is 36.9 Å². The maximum Gasteiger partial charge on any atom is 0.156 e. The summed E-state index contributed by atoms with van der Waals surface area (Å²) in [5.74, 6) is 1.41. The summed E-state index contributed by atoms with van der Waals surface area (Å²) in [5.41, 5.74) is 3.54. The van der Waals surface area contributed by atoms with Crippen LogP contribution in [0.5, 0.6) is 0 Å². The van der Waals surface area contributed by atoms with E-state index in [0.717, 1.165) is 44.2 Å². The lowest BCUT2D eigenvalue weighted by Crippen LogP contribution is -2.34. The van der Waals surface area contributed by atoms with Gasteiger partial charge >= 0.3 is 0 Å². The Labute approximate surface area is 159 Å². The number of likely N-dealkylation sites (tertiary alicyclic amines) is 1. The molecule has 5 rings (SSSR count). The standard InChI is InChI=1S/C21H26N6/c1-2-13-26(12-1)19-5-6-20-23-21(24-27(20)16-19)18-4-3-11-25(15-18)14-17-7-9-22-10-8-17/h5-10,16,18H,1-4,11-15H2. The zero-order valence-corrected chi connectivity index (χ0v) is 15.7. The van der Waals surface area contributed by atoms with E-state index in [1.54, 1.807) is 0 Å². The molecule has 1 atom stereocenters. The number of pyridine rings is 2. The molecule has 5 heterocycles. The third-order valence-corrected chi connectivity index (χ3v) is 5.83. The minimum atomic E-state index is 0.413. The summed E-state index contributed by atoms with van der Waals surface area (Å²) in [7, 11) is 0. The summed E-state index contributed by atoms with van der Waals surface area (Å²) in [6.07, 6.45) is 10.8. The third-order valence-electron chi connectivity index (χ3n) is 5.83. The molecule has 2 aliphatic heterocycles. The quantitative estimate of drug-likeness (QED) is 0.714. The number of rotatable bonds is 4. The van der Waals surface area contributed by atoms with Crippen LogP contribution in [0.4, 0.5) is 5.69 Å². The molecule has 27 heavy (non-hydrogen) atoms. The fraction of sp³-hybridized carbons (Fsp3) is 0.476. The van der Waals surface area contributed by atoms with E-state index in [0.29, 0.717) is 5.92 Å². The Bertz CT molecular complexity index is 899. The van der Waals surface area contributed by atoms with Crippen LogP contribution in [0.1, 0.15) is 43.0 Å². The van der Waals surface area contributed by atoms with Crippen molar-refractivity contribution in [1.82, 2.24) is 24.5 Å². The first-order chi connectivity index (χ1) is 13.3. The molecule has 3 aromatic rings. The van der Waals surface area contributed by atoms with Crippen LogP contribution in [0.15, 0.2) is 42.9 Å². The van der Waals surface area contributed by atoms with Gasteiger partial charge in [0, 0.05) is 44.5 Å². The number of fused-ring (bicyclic) bond motifs is 1. The maximum absolute atomic E-state index is 4.85. The Morgan fingerprint density at radius 2 is 1.81 bits per heavy atom. The summed E-state index contributed by atoms with van der Waals surface area (Å²) >= 11 is 0. The minimum Gasteiger partial charge on any atom is -0.370 e. The highest BCUT2D eigenvalue weighted by atomic mass is 15.3. The van der Waals surface area contributed by atoms with Crippen molar-refractivity contribution in [2.45, 2.75) is 38.1 Å². The lowest BCUT2D eigenvalue weighted by Gasteiger charge is -2.31. The van der Waals surface area contributed by atoms with Gasteiger partial charge < -0.3 is 4.90 Å². The molecular formula is C21H26N6. The highest BCUT2D eigenvalue weighted by Crippen LogP contribution is 2.27. The van der Waals surface area contributed by atoms with Gasteiger partial charge in [-0.05, 0) is 62.1 Å². The Balaban J connectivity index is 1.33. The molecule has 6 heteroatoms. The van der Waals surface area contributed by atoms with Crippen LogP contribution in [-0.2, 0) is 6.54 Å². The summed E-state index contributed by atoms with van der Waals surface area (Å²) in [4.78, 5) is 13.9. The lowest BCUT2D eigenvalue weighted by atomic mass is 9.97. The Hall–Kier alpha value is -2.47. The first kappa shape index (κ1) is 16.7. The van der Waals surface area contributed by atoms with Crippen LogP contribution >= 0.6 is 0 Å². The lowest BCUT2D eigenvalue weighted by molar-refractivity contribution is 0.196. The molecule has 6 nitrogen and oxygen atoms in total. The van der Waals surface area contributed by atoms with Crippen molar-refractivity contribution in [2.75, 3.05) is 31.1 Å². The molecule has 0 saturated carbocycles. The molecule has 0 aliphatic carbocycles. The van der Waals surface area contributed by atoms with Crippen molar-refractivity contribution in [3.63, 3.8) is 0 Å². The van der Waals surface area contributed by atoms with Crippen LogP contribution in [0, 0.1) is 0 Å². The smallest absolute Gasteiger partial charge is 0.156 e. The molecule has 0 N–H and O–H groups in total. The zero-order valence-electron chi connectivity index (χ0n) is 15.7. The van der Waals surface area contributed by atoms with Crippen LogP contribution in [-0.4, -0.2) is 50.7 Å². The van der Waals surface area contributed by atoms with Crippen LogP contribution < -0.4 is 4.90 Å². The van der Waals surface area contributed by atoms with E-state index in [-0.39, 0.29) is 0 Å². The van der Waals surface area contributed by atoms with Gasteiger partial charge in [0.25, 0.3) is 0 Å². The van der Waals surface area contributed by atoms with E-state index >= 15 is 0 Å². The molecule has 0 radical (unpaired) electrons. The minimum absolute atomic E-state index is 0.413. The number of piperidine rings is 1. The number of aromatic nitrogens is 4. The molecular weight excluding hydrogens is 336 g/mol. The summed E-state index contributed by atoms with van der Waals surface area (Å²) in [6, 6.07) is 8.51. The predicted molar refractivity (Wildman–Crippen MR) is 106 cm³/mol. The highest BCUT2D eigenvalue weighted by molar-refractivity contribution is 5.51. The molecule has 0 bridgehead atoms. The number of hydrogen-bond acceptors (Lipinski definition) is 5. The molecule has 0 amide bonds. The predicted octanol–water partition coefficient (Wildman–Crippen LogP) is 3.10. The second-order valence-electron chi connectivity index (χ2n) is 7.78. The normalized spacial score (nSPS) is 21.2. The first-order valence-corrected chi connectivity index (χ1v) is 10.1. The van der Waals surface area contributed by atoms with Gasteiger partial charge in [-0.25, -0.2) is 9.50 Å². The van der Waals surface area contributed by atoms with Gasteiger partial charge in [0.1, 0.15) is 0 Å². The van der Waals surface area contributed by atoms with Gasteiger partial charge in [-0.3, -0.25) is 9.88 Å². The van der Waals surface area contributed by atoms with Crippen molar-refractivity contribution in [2.24, 2.45) is 0 Å². The molecule has 0 spiro atoms. The first-order valence-electron chi connectivity index (χ1n) is 10.1. The second-order valence-corrected chi connectivity index (χ2v) is 7.78. The SMILES string of the molecule is c1cc(CN2CCCC(c3nc4ccc(N5CCCC5)cn4n3)C2)ccn1. The van der Waals surface area contributed by atoms with Crippen molar-refractivity contribution in [1.29, 1.82) is 0 Å². The molecule has 2 fully saturated rings. The molecule has 0 aromatic carbocycles. The Kier molecular flexibility index (Phi) is 4.49. The molecule has 3 aromatic heterocycles. The van der Waals surface area contributed by atoms with Crippen molar-refractivity contribution >= 4 is 11.3 Å². The van der Waals surface area contributed by atoms with E-state index in [1.807, 2.05) is 16.9 Å². The van der Waals surface area contributed by atoms with Gasteiger partial charge in [0.2, 0.25) is 0 Å². The monoisotopic (exact) mass is 362 g/mol. The molecule has 140 valence electrons. The molecule has 2 saturated heterocycles. The topological polar surface area (TPSA) is 49.6 Å². The van der Waals surface area contributed by atoms with Gasteiger partial charge in [-0.2, -0.15) is 5.10 Å². The fourth-order valence-corrected chi connectivity index (χ4v) is 4.38. The number of hydrogen-bond donors (Lipinski definition) is 0. The average molecular weight is 362 g/mol. The van der Waals surface area contributed by atoms with E-state index in [2.05, 4.69) is 45.2 Å². The Morgan fingerprint density at radius 3 is 2.67 bits per heavy atom. The van der Waals surface area contributed by atoms with Gasteiger partial charge in [0.05, 0.1) is 11.9 Å². The second kappa shape index (κ2) is 7.27. The van der Waals surface area contributed by atoms with E-state index < -0.39 is 0 Å². The Morgan fingerprint density at radius 1 is 0.963 bits per heavy atom. The highest BCUT2D eigenvalue weighted by Gasteiger charge is 2.25. The number of anilines is 1. The maximum atomic E-state index is 4.85. The summed E-state index contributed by atoms with van der Waals surface area (Å²) < 4.78 is 1.98. The van der Waals surface area contributed by atoms with Gasteiger partial charge in [-0.15, -0.1) is 0 Å². The third kappa shape index (κ3) is 3.54.